The highest BCUT2D eigenvalue weighted by Gasteiger charge is 2.29. The van der Waals surface area contributed by atoms with Crippen LogP contribution in [0.3, 0.4) is 0 Å². The number of amides is 2. The molecule has 6 nitrogen and oxygen atoms in total. The van der Waals surface area contributed by atoms with Gasteiger partial charge in [0.1, 0.15) is 0 Å². The van der Waals surface area contributed by atoms with E-state index in [1.807, 2.05) is 13.8 Å². The van der Waals surface area contributed by atoms with Gasteiger partial charge >= 0.3 is 12.0 Å². The van der Waals surface area contributed by atoms with Crippen molar-refractivity contribution in [2.45, 2.75) is 51.7 Å². The summed E-state index contributed by atoms with van der Waals surface area (Å²) in [5, 5.41) is 14.2. The van der Waals surface area contributed by atoms with E-state index in [9.17, 15) is 9.59 Å². The number of carboxylic acid groups (broad SMARTS) is 1. The number of carbonyl (C=O) groups excluding carboxylic acids is 1. The third-order valence-electron chi connectivity index (χ3n) is 3.17. The van der Waals surface area contributed by atoms with Crippen molar-refractivity contribution in [1.82, 2.24) is 10.6 Å². The molecule has 0 bridgehead atoms. The maximum atomic E-state index is 11.7. The SMILES string of the molecule is CC(CNC(=O)NC1CCOC(C)(C)C1)CC(=O)O. The molecule has 1 aliphatic rings. The number of urea groups is 1. The number of carboxylic acids is 1. The molecule has 6 heteroatoms. The van der Waals surface area contributed by atoms with Crippen LogP contribution in [-0.2, 0) is 9.53 Å². The first-order valence-corrected chi connectivity index (χ1v) is 6.68. The lowest BCUT2D eigenvalue weighted by molar-refractivity contribution is -0.137. The fourth-order valence-electron chi connectivity index (χ4n) is 2.23. The summed E-state index contributed by atoms with van der Waals surface area (Å²) in [4.78, 5) is 22.2. The zero-order valence-electron chi connectivity index (χ0n) is 11.9. The molecule has 0 saturated carbocycles. The van der Waals surface area contributed by atoms with E-state index >= 15 is 0 Å². The van der Waals surface area contributed by atoms with Gasteiger partial charge in [0.25, 0.3) is 0 Å². The highest BCUT2D eigenvalue weighted by Crippen LogP contribution is 2.23. The lowest BCUT2D eigenvalue weighted by atomic mass is 9.94. The van der Waals surface area contributed by atoms with Gasteiger partial charge in [0.05, 0.1) is 5.60 Å². The Morgan fingerprint density at radius 1 is 1.47 bits per heavy atom. The van der Waals surface area contributed by atoms with Crippen LogP contribution in [0.15, 0.2) is 0 Å². The van der Waals surface area contributed by atoms with Gasteiger partial charge in [-0.2, -0.15) is 0 Å². The van der Waals surface area contributed by atoms with Crippen LogP contribution in [0, 0.1) is 5.92 Å². The molecule has 19 heavy (non-hydrogen) atoms. The summed E-state index contributed by atoms with van der Waals surface area (Å²) >= 11 is 0. The van der Waals surface area contributed by atoms with Gasteiger partial charge in [-0.1, -0.05) is 6.92 Å². The first kappa shape index (κ1) is 15.8. The second kappa shape index (κ2) is 6.75. The molecule has 1 heterocycles. The van der Waals surface area contributed by atoms with Crippen LogP contribution in [0.25, 0.3) is 0 Å². The predicted octanol–water partition coefficient (Wildman–Crippen LogP) is 1.35. The topological polar surface area (TPSA) is 87.7 Å². The van der Waals surface area contributed by atoms with Gasteiger partial charge in [-0.15, -0.1) is 0 Å². The summed E-state index contributed by atoms with van der Waals surface area (Å²) in [7, 11) is 0. The molecule has 2 unspecified atom stereocenters. The lowest BCUT2D eigenvalue weighted by Gasteiger charge is -2.35. The van der Waals surface area contributed by atoms with E-state index in [1.54, 1.807) is 6.92 Å². The summed E-state index contributed by atoms with van der Waals surface area (Å²) < 4.78 is 5.58. The third kappa shape index (κ3) is 6.42. The molecule has 0 radical (unpaired) electrons. The number of carbonyl (C=O) groups is 2. The van der Waals surface area contributed by atoms with Gasteiger partial charge in [0, 0.05) is 25.6 Å². The summed E-state index contributed by atoms with van der Waals surface area (Å²) in [6.45, 7) is 6.82. The number of nitrogens with one attached hydrogen (secondary N) is 2. The Kier molecular flexibility index (Phi) is 5.60. The minimum absolute atomic E-state index is 0.0601. The van der Waals surface area contributed by atoms with Crippen molar-refractivity contribution in [1.29, 1.82) is 0 Å². The van der Waals surface area contributed by atoms with Gasteiger partial charge in [-0.3, -0.25) is 4.79 Å². The number of hydrogen-bond acceptors (Lipinski definition) is 3. The molecule has 1 rings (SSSR count). The van der Waals surface area contributed by atoms with Crippen LogP contribution < -0.4 is 10.6 Å². The van der Waals surface area contributed by atoms with E-state index in [4.69, 9.17) is 9.84 Å². The zero-order valence-corrected chi connectivity index (χ0v) is 11.9. The van der Waals surface area contributed by atoms with Crippen LogP contribution in [0.2, 0.25) is 0 Å². The first-order chi connectivity index (χ1) is 8.78. The summed E-state index contributed by atoms with van der Waals surface area (Å²) in [5.74, 6) is -0.921. The predicted molar refractivity (Wildman–Crippen MR) is 71.0 cm³/mol. The molecule has 0 spiro atoms. The normalized spacial score (nSPS) is 23.4. The van der Waals surface area contributed by atoms with Gasteiger partial charge in [-0.25, -0.2) is 4.79 Å². The van der Waals surface area contributed by atoms with Crippen LogP contribution >= 0.6 is 0 Å². The van der Waals surface area contributed by atoms with E-state index in [0.717, 1.165) is 12.8 Å². The smallest absolute Gasteiger partial charge is 0.315 e. The molecule has 2 atom stereocenters. The fraction of sp³-hybridized carbons (Fsp3) is 0.846. The van der Waals surface area contributed by atoms with Crippen LogP contribution in [0.4, 0.5) is 4.79 Å². The van der Waals surface area contributed by atoms with E-state index in [1.165, 1.54) is 0 Å². The molecular weight excluding hydrogens is 248 g/mol. The highest BCUT2D eigenvalue weighted by molar-refractivity contribution is 5.74. The molecule has 110 valence electrons. The van der Waals surface area contributed by atoms with Crippen molar-refractivity contribution in [3.05, 3.63) is 0 Å². The number of hydrogen-bond donors (Lipinski definition) is 3. The van der Waals surface area contributed by atoms with Crippen molar-refractivity contribution in [2.24, 2.45) is 5.92 Å². The Hall–Kier alpha value is -1.30. The number of ether oxygens (including phenoxy) is 1. The summed E-state index contributed by atoms with van der Waals surface area (Å²) in [5.41, 5.74) is -0.202. The minimum Gasteiger partial charge on any atom is -0.481 e. The molecule has 2 amide bonds. The lowest BCUT2D eigenvalue weighted by Crippen LogP contribution is -2.49. The Morgan fingerprint density at radius 2 is 2.16 bits per heavy atom. The van der Waals surface area contributed by atoms with Crippen molar-refractivity contribution >= 4 is 12.0 Å². The minimum atomic E-state index is -0.846. The van der Waals surface area contributed by atoms with Gasteiger partial charge < -0.3 is 20.5 Å². The van der Waals surface area contributed by atoms with E-state index < -0.39 is 5.97 Å². The van der Waals surface area contributed by atoms with Crippen LogP contribution in [-0.4, -0.2) is 41.9 Å². The Labute approximate surface area is 113 Å². The fourth-order valence-corrected chi connectivity index (χ4v) is 2.23. The Bertz CT molecular complexity index is 331. The Morgan fingerprint density at radius 3 is 2.74 bits per heavy atom. The maximum absolute atomic E-state index is 11.7. The largest absolute Gasteiger partial charge is 0.481 e. The molecule has 0 aromatic rings. The average Bonchev–Trinajstić information content (AvgIpc) is 2.24. The molecule has 0 aromatic heterocycles. The Balaban J connectivity index is 2.25. The zero-order chi connectivity index (χ0) is 14.5. The highest BCUT2D eigenvalue weighted by atomic mass is 16.5. The van der Waals surface area contributed by atoms with Crippen LogP contribution in [0.5, 0.6) is 0 Å². The number of aliphatic carboxylic acids is 1. The first-order valence-electron chi connectivity index (χ1n) is 6.68. The van der Waals surface area contributed by atoms with Gasteiger partial charge in [-0.05, 0) is 32.6 Å². The standard InChI is InChI=1S/C13H24N2O4/c1-9(6-11(16)17)8-14-12(18)15-10-4-5-19-13(2,3)7-10/h9-10H,4-8H2,1-3H3,(H,16,17)(H2,14,15,18). The van der Waals surface area contributed by atoms with E-state index in [2.05, 4.69) is 10.6 Å². The van der Waals surface area contributed by atoms with E-state index in [0.29, 0.717) is 13.2 Å². The quantitative estimate of drug-likeness (QED) is 0.705. The molecule has 3 N–H and O–H groups in total. The molecule has 1 fully saturated rings. The maximum Gasteiger partial charge on any atom is 0.315 e. The summed E-state index contributed by atoms with van der Waals surface area (Å²) in [6.07, 6.45) is 1.65. The second-order valence-corrected chi connectivity index (χ2v) is 5.86. The van der Waals surface area contributed by atoms with E-state index in [-0.39, 0.29) is 30.0 Å². The monoisotopic (exact) mass is 272 g/mol. The van der Waals surface area contributed by atoms with Crippen molar-refractivity contribution < 1.29 is 19.4 Å². The van der Waals surface area contributed by atoms with Crippen molar-refractivity contribution in [2.75, 3.05) is 13.2 Å². The molecule has 1 saturated heterocycles. The second-order valence-electron chi connectivity index (χ2n) is 5.86. The average molecular weight is 272 g/mol. The van der Waals surface area contributed by atoms with Gasteiger partial charge in [0.15, 0.2) is 0 Å². The molecule has 0 aromatic carbocycles. The van der Waals surface area contributed by atoms with Gasteiger partial charge in [0.2, 0.25) is 0 Å². The van der Waals surface area contributed by atoms with Crippen molar-refractivity contribution in [3.8, 4) is 0 Å². The third-order valence-corrected chi connectivity index (χ3v) is 3.17. The van der Waals surface area contributed by atoms with Crippen molar-refractivity contribution in [3.63, 3.8) is 0 Å². The number of rotatable bonds is 5. The summed E-state index contributed by atoms with van der Waals surface area (Å²) in [6, 6.07) is -0.126. The van der Waals surface area contributed by atoms with Crippen LogP contribution in [0.1, 0.15) is 40.0 Å². The molecular formula is C13H24N2O4. The molecule has 0 aliphatic carbocycles. The molecule has 1 aliphatic heterocycles.